The third kappa shape index (κ3) is 4.11. The Kier molecular flexibility index (Phi) is 6.48. The van der Waals surface area contributed by atoms with Crippen LogP contribution >= 0.6 is 23.5 Å². The molecule has 0 spiro atoms. The van der Waals surface area contributed by atoms with E-state index < -0.39 is 7.60 Å². The minimum atomic E-state index is -2.95. The first kappa shape index (κ1) is 13.6. The standard InChI is InChI=1S/C8H18BrO3P/c1-5-11-13(10,12-6-2)8(9)7(3)4/h7-8H,5-6H2,1-4H3. The third-order valence-corrected chi connectivity index (χ3v) is 6.47. The van der Waals surface area contributed by atoms with Gasteiger partial charge in [-0.3, -0.25) is 4.57 Å². The van der Waals surface area contributed by atoms with Gasteiger partial charge in [0.05, 0.1) is 13.2 Å². The molecule has 0 bridgehead atoms. The number of halogens is 1. The van der Waals surface area contributed by atoms with Gasteiger partial charge >= 0.3 is 7.60 Å². The van der Waals surface area contributed by atoms with E-state index in [-0.39, 0.29) is 10.5 Å². The van der Waals surface area contributed by atoms with Crippen molar-refractivity contribution in [2.75, 3.05) is 13.2 Å². The maximum atomic E-state index is 12.1. The fourth-order valence-corrected chi connectivity index (χ4v) is 3.42. The zero-order chi connectivity index (χ0) is 10.5. The summed E-state index contributed by atoms with van der Waals surface area (Å²) in [6.45, 7) is 8.39. The molecule has 0 radical (unpaired) electrons. The number of rotatable bonds is 6. The molecule has 0 aromatic heterocycles. The molecule has 0 aromatic carbocycles. The van der Waals surface area contributed by atoms with Crippen LogP contribution in [0.2, 0.25) is 0 Å². The van der Waals surface area contributed by atoms with Gasteiger partial charge in [0.2, 0.25) is 0 Å². The molecule has 0 N–H and O–H groups in total. The van der Waals surface area contributed by atoms with E-state index in [0.29, 0.717) is 13.2 Å². The second kappa shape index (κ2) is 6.18. The Balaban J connectivity index is 4.47. The fraction of sp³-hybridized carbons (Fsp3) is 1.00. The van der Waals surface area contributed by atoms with Crippen LogP contribution in [-0.4, -0.2) is 17.8 Å². The van der Waals surface area contributed by atoms with Gasteiger partial charge in [0.1, 0.15) is 4.57 Å². The van der Waals surface area contributed by atoms with E-state index >= 15 is 0 Å². The zero-order valence-corrected chi connectivity index (χ0v) is 11.1. The summed E-state index contributed by atoms with van der Waals surface area (Å²) in [5.41, 5.74) is 0. The van der Waals surface area contributed by atoms with Gasteiger partial charge in [0.25, 0.3) is 0 Å². The maximum absolute atomic E-state index is 12.1. The lowest BCUT2D eigenvalue weighted by molar-refractivity contribution is 0.215. The zero-order valence-electron chi connectivity index (χ0n) is 8.62. The molecule has 0 aliphatic heterocycles. The molecule has 13 heavy (non-hydrogen) atoms. The third-order valence-electron chi connectivity index (χ3n) is 1.47. The summed E-state index contributed by atoms with van der Waals surface area (Å²) in [4.78, 5) is 0. The van der Waals surface area contributed by atoms with Crippen molar-refractivity contribution in [1.29, 1.82) is 0 Å². The Morgan fingerprint density at radius 1 is 1.23 bits per heavy atom. The second-order valence-corrected chi connectivity index (χ2v) is 6.84. The Morgan fingerprint density at radius 2 is 1.62 bits per heavy atom. The highest BCUT2D eigenvalue weighted by molar-refractivity contribution is 9.10. The van der Waals surface area contributed by atoms with E-state index in [4.69, 9.17) is 9.05 Å². The Bertz CT molecular complexity index is 174. The summed E-state index contributed by atoms with van der Waals surface area (Å²) >= 11 is 3.35. The summed E-state index contributed by atoms with van der Waals surface area (Å²) in [6, 6.07) is 0. The highest BCUT2D eigenvalue weighted by Crippen LogP contribution is 2.57. The molecule has 0 saturated carbocycles. The summed E-state index contributed by atoms with van der Waals surface area (Å²) in [5.74, 6) is 0.226. The minimum Gasteiger partial charge on any atom is -0.308 e. The highest BCUT2D eigenvalue weighted by Gasteiger charge is 2.35. The molecule has 0 heterocycles. The minimum absolute atomic E-state index is 0.222. The predicted molar refractivity (Wildman–Crippen MR) is 58.4 cm³/mol. The molecule has 0 aliphatic rings. The van der Waals surface area contributed by atoms with Gasteiger partial charge in [0, 0.05) is 0 Å². The van der Waals surface area contributed by atoms with Crippen molar-refractivity contribution in [3.8, 4) is 0 Å². The van der Waals surface area contributed by atoms with Gasteiger partial charge in [-0.25, -0.2) is 0 Å². The van der Waals surface area contributed by atoms with Gasteiger partial charge in [-0.1, -0.05) is 29.8 Å². The van der Waals surface area contributed by atoms with Crippen LogP contribution in [0.25, 0.3) is 0 Å². The van der Waals surface area contributed by atoms with E-state index in [9.17, 15) is 4.57 Å². The number of hydrogen-bond donors (Lipinski definition) is 0. The Hall–Kier alpha value is 0.630. The molecule has 3 nitrogen and oxygen atoms in total. The molecule has 0 aromatic rings. The van der Waals surface area contributed by atoms with Gasteiger partial charge in [-0.05, 0) is 19.8 Å². The van der Waals surface area contributed by atoms with Crippen LogP contribution in [0.5, 0.6) is 0 Å². The molecule has 0 rings (SSSR count). The van der Waals surface area contributed by atoms with Crippen molar-refractivity contribution >= 4 is 23.5 Å². The molecule has 0 amide bonds. The lowest BCUT2D eigenvalue weighted by Crippen LogP contribution is -2.12. The highest BCUT2D eigenvalue weighted by atomic mass is 79.9. The van der Waals surface area contributed by atoms with E-state index in [1.54, 1.807) is 0 Å². The topological polar surface area (TPSA) is 35.5 Å². The molecule has 1 atom stereocenters. The first-order chi connectivity index (χ1) is 5.98. The van der Waals surface area contributed by atoms with Crippen molar-refractivity contribution < 1.29 is 13.6 Å². The van der Waals surface area contributed by atoms with Crippen LogP contribution in [-0.2, 0) is 13.6 Å². The Labute approximate surface area is 88.9 Å². The monoisotopic (exact) mass is 272 g/mol. The maximum Gasteiger partial charge on any atom is 0.344 e. The molecule has 5 heteroatoms. The number of hydrogen-bond acceptors (Lipinski definition) is 3. The van der Waals surface area contributed by atoms with Crippen molar-refractivity contribution in [3.05, 3.63) is 0 Å². The van der Waals surface area contributed by atoms with Gasteiger partial charge in [-0.15, -0.1) is 0 Å². The summed E-state index contributed by atoms with van der Waals surface area (Å²) < 4.78 is 22.2. The Morgan fingerprint density at radius 3 is 1.85 bits per heavy atom. The van der Waals surface area contributed by atoms with Crippen LogP contribution < -0.4 is 0 Å². The molecule has 0 fully saturated rings. The van der Waals surface area contributed by atoms with Crippen LogP contribution in [0.1, 0.15) is 27.7 Å². The molecule has 80 valence electrons. The van der Waals surface area contributed by atoms with Crippen molar-refractivity contribution in [2.45, 2.75) is 32.3 Å². The molecular formula is C8H18BrO3P. The average molecular weight is 273 g/mol. The lowest BCUT2D eigenvalue weighted by atomic mass is 10.3. The van der Waals surface area contributed by atoms with Crippen molar-refractivity contribution in [3.63, 3.8) is 0 Å². The first-order valence-corrected chi connectivity index (χ1v) is 7.03. The van der Waals surface area contributed by atoms with Crippen molar-refractivity contribution in [2.24, 2.45) is 5.92 Å². The largest absolute Gasteiger partial charge is 0.344 e. The van der Waals surface area contributed by atoms with E-state index in [1.807, 2.05) is 27.7 Å². The van der Waals surface area contributed by atoms with Crippen LogP contribution in [0.15, 0.2) is 0 Å². The second-order valence-electron chi connectivity index (χ2n) is 2.99. The molecule has 0 saturated heterocycles. The first-order valence-electron chi connectivity index (χ1n) is 4.50. The van der Waals surface area contributed by atoms with Crippen LogP contribution in [0, 0.1) is 5.92 Å². The lowest BCUT2D eigenvalue weighted by Gasteiger charge is -2.24. The van der Waals surface area contributed by atoms with E-state index in [0.717, 1.165) is 0 Å². The van der Waals surface area contributed by atoms with E-state index in [1.165, 1.54) is 0 Å². The number of alkyl halides is 1. The quantitative estimate of drug-likeness (QED) is 0.547. The summed E-state index contributed by atoms with van der Waals surface area (Å²) in [5, 5.41) is 0. The normalized spacial score (nSPS) is 14.9. The van der Waals surface area contributed by atoms with Crippen LogP contribution in [0.3, 0.4) is 0 Å². The molecular weight excluding hydrogens is 255 g/mol. The van der Waals surface area contributed by atoms with E-state index in [2.05, 4.69) is 15.9 Å². The summed E-state index contributed by atoms with van der Waals surface area (Å²) in [6.07, 6.45) is 0. The van der Waals surface area contributed by atoms with Crippen molar-refractivity contribution in [1.82, 2.24) is 0 Å². The molecule has 1 unspecified atom stereocenters. The van der Waals surface area contributed by atoms with Gasteiger partial charge < -0.3 is 9.05 Å². The predicted octanol–water partition coefficient (Wildman–Crippen LogP) is 3.63. The van der Waals surface area contributed by atoms with Gasteiger partial charge in [-0.2, -0.15) is 0 Å². The average Bonchev–Trinajstić information content (AvgIpc) is 2.03. The smallest absolute Gasteiger partial charge is 0.308 e. The molecule has 0 aliphatic carbocycles. The van der Waals surface area contributed by atoms with Crippen LogP contribution in [0.4, 0.5) is 0 Å². The van der Waals surface area contributed by atoms with Gasteiger partial charge in [0.15, 0.2) is 0 Å². The fourth-order valence-electron chi connectivity index (χ4n) is 0.905. The SMILES string of the molecule is CCOP(=O)(OCC)C(Br)C(C)C. The summed E-state index contributed by atoms with van der Waals surface area (Å²) in [7, 11) is -2.95.